The molecule has 0 atom stereocenters. The molecule has 1 aromatic heterocycles. The number of halogens is 1. The Morgan fingerprint density at radius 2 is 1.83 bits per heavy atom. The lowest BCUT2D eigenvalue weighted by Crippen LogP contribution is -1.97. The van der Waals surface area contributed by atoms with Crippen LogP contribution in [0.4, 0.5) is 11.4 Å². The number of hydrogen-bond acceptors (Lipinski definition) is 5. The highest BCUT2D eigenvalue weighted by Gasteiger charge is 2.12. The third-order valence-corrected chi connectivity index (χ3v) is 5.08. The lowest BCUT2D eigenvalue weighted by Gasteiger charge is -2.13. The van der Waals surface area contributed by atoms with Crippen molar-refractivity contribution >= 4 is 33.9 Å². The average Bonchev–Trinajstić information content (AvgIpc) is 2.76. The summed E-state index contributed by atoms with van der Waals surface area (Å²) in [5.41, 5.74) is 11.3. The maximum Gasteiger partial charge on any atom is 0.176 e. The van der Waals surface area contributed by atoms with E-state index in [1.54, 1.807) is 18.3 Å². The third-order valence-electron chi connectivity index (χ3n) is 4.79. The van der Waals surface area contributed by atoms with E-state index in [9.17, 15) is 5.11 Å². The first-order valence-electron chi connectivity index (χ1n) is 9.10. The number of anilines is 2. The monoisotopic (exact) mass is 405 g/mol. The summed E-state index contributed by atoms with van der Waals surface area (Å²) in [5, 5.41) is 14.7. The van der Waals surface area contributed by atoms with Crippen molar-refractivity contribution in [2.75, 3.05) is 12.4 Å². The highest BCUT2D eigenvalue weighted by atomic mass is 35.5. The summed E-state index contributed by atoms with van der Waals surface area (Å²) in [7, 11) is 1.50. The first-order chi connectivity index (χ1) is 14.1. The van der Waals surface area contributed by atoms with Crippen molar-refractivity contribution in [3.05, 3.63) is 77.4 Å². The Labute approximate surface area is 173 Å². The number of nitrogens with zero attached hydrogens (tertiary/aromatic N) is 1. The molecule has 4 rings (SSSR count). The van der Waals surface area contributed by atoms with Crippen LogP contribution in [0.3, 0.4) is 0 Å². The zero-order valence-corrected chi connectivity index (χ0v) is 16.6. The summed E-state index contributed by atoms with van der Waals surface area (Å²) in [5.74, 6) is 0.265. The number of benzene rings is 3. The van der Waals surface area contributed by atoms with Gasteiger partial charge in [0.05, 0.1) is 17.6 Å². The zero-order valence-electron chi connectivity index (χ0n) is 15.8. The van der Waals surface area contributed by atoms with Crippen molar-refractivity contribution in [3.8, 4) is 22.6 Å². The van der Waals surface area contributed by atoms with Crippen molar-refractivity contribution < 1.29 is 9.84 Å². The number of rotatable bonds is 5. The van der Waals surface area contributed by atoms with Crippen molar-refractivity contribution in [1.82, 2.24) is 4.98 Å². The van der Waals surface area contributed by atoms with Gasteiger partial charge in [-0.05, 0) is 59.2 Å². The molecule has 0 bridgehead atoms. The number of phenols is 1. The predicted octanol–water partition coefficient (Wildman–Crippen LogP) is 5.47. The molecular weight excluding hydrogens is 386 g/mol. The Morgan fingerprint density at radius 3 is 2.55 bits per heavy atom. The summed E-state index contributed by atoms with van der Waals surface area (Å²) in [6.45, 7) is 0.514. The summed E-state index contributed by atoms with van der Waals surface area (Å²) < 4.78 is 5.23. The topological polar surface area (TPSA) is 80.4 Å². The number of methoxy groups -OCH3 is 1. The molecular formula is C23H20ClN3O2. The highest BCUT2D eigenvalue weighted by molar-refractivity contribution is 6.32. The van der Waals surface area contributed by atoms with Gasteiger partial charge in [0.25, 0.3) is 0 Å². The van der Waals surface area contributed by atoms with E-state index in [1.165, 1.54) is 7.11 Å². The van der Waals surface area contributed by atoms with Crippen molar-refractivity contribution in [2.45, 2.75) is 6.54 Å². The van der Waals surface area contributed by atoms with Gasteiger partial charge in [-0.3, -0.25) is 4.98 Å². The van der Waals surface area contributed by atoms with E-state index in [-0.39, 0.29) is 10.8 Å². The molecule has 3 aromatic carbocycles. The van der Waals surface area contributed by atoms with Crippen LogP contribution < -0.4 is 15.8 Å². The van der Waals surface area contributed by atoms with Gasteiger partial charge in [0.1, 0.15) is 0 Å². The van der Waals surface area contributed by atoms with Gasteiger partial charge in [-0.1, -0.05) is 29.8 Å². The lowest BCUT2D eigenvalue weighted by atomic mass is 10.0. The van der Waals surface area contributed by atoms with Crippen molar-refractivity contribution in [2.24, 2.45) is 5.73 Å². The Bertz CT molecular complexity index is 1180. The van der Waals surface area contributed by atoms with Crippen LogP contribution in [-0.4, -0.2) is 17.2 Å². The Balaban J connectivity index is 1.77. The quantitative estimate of drug-likeness (QED) is 0.410. The molecule has 1 heterocycles. The molecule has 29 heavy (non-hydrogen) atoms. The Kier molecular flexibility index (Phi) is 5.25. The van der Waals surface area contributed by atoms with Gasteiger partial charge in [-0.25, -0.2) is 0 Å². The van der Waals surface area contributed by atoms with Crippen LogP contribution in [-0.2, 0) is 6.54 Å². The number of aromatic hydroxyl groups is 1. The fraction of sp³-hybridized carbons (Fsp3) is 0.0870. The van der Waals surface area contributed by atoms with E-state index in [0.717, 1.165) is 39.0 Å². The zero-order chi connectivity index (χ0) is 20.4. The molecule has 5 nitrogen and oxygen atoms in total. The van der Waals surface area contributed by atoms with Gasteiger partial charge in [0, 0.05) is 29.5 Å². The largest absolute Gasteiger partial charge is 0.503 e. The number of nitrogens with two attached hydrogens (primary N) is 1. The fourth-order valence-corrected chi connectivity index (χ4v) is 3.42. The van der Waals surface area contributed by atoms with Crippen LogP contribution in [0.5, 0.6) is 11.5 Å². The molecule has 4 N–H and O–H groups in total. The van der Waals surface area contributed by atoms with Crippen LogP contribution in [0.2, 0.25) is 5.02 Å². The number of hydrogen-bond donors (Lipinski definition) is 3. The van der Waals surface area contributed by atoms with E-state index >= 15 is 0 Å². The van der Waals surface area contributed by atoms with E-state index in [2.05, 4.69) is 10.3 Å². The van der Waals surface area contributed by atoms with Crippen LogP contribution in [0.15, 0.2) is 66.9 Å². The Hall–Kier alpha value is -3.28. The number of aromatic nitrogens is 1. The summed E-state index contributed by atoms with van der Waals surface area (Å²) in [6, 6.07) is 19.4. The molecule has 6 heteroatoms. The molecule has 0 aliphatic heterocycles. The minimum atomic E-state index is -0.0661. The number of nitrogens with one attached hydrogen (secondary N) is 1. The number of phenolic OH excluding ortho intramolecular Hbond substituents is 1. The predicted molar refractivity (Wildman–Crippen MR) is 118 cm³/mol. The number of fused-ring (bicyclic) bond motifs is 1. The average molecular weight is 406 g/mol. The third kappa shape index (κ3) is 3.83. The first kappa shape index (κ1) is 19.1. The van der Waals surface area contributed by atoms with Crippen LogP contribution in [0.1, 0.15) is 5.56 Å². The first-order valence-corrected chi connectivity index (χ1v) is 9.48. The standard InChI is InChI=1S/C23H20ClN3O2/c1-29-22-12-16(11-19(24)23(22)28)15-4-7-20-18(10-15)21(8-9-26-20)27-17-5-2-14(13-25)3-6-17/h2-12,28H,13,25H2,1H3,(H,26,27). The summed E-state index contributed by atoms with van der Waals surface area (Å²) in [6.07, 6.45) is 1.78. The summed E-state index contributed by atoms with van der Waals surface area (Å²) >= 11 is 6.17. The van der Waals surface area contributed by atoms with E-state index in [4.69, 9.17) is 22.1 Å². The molecule has 0 aliphatic rings. The van der Waals surface area contributed by atoms with E-state index < -0.39 is 0 Å². The minimum Gasteiger partial charge on any atom is -0.503 e. The van der Waals surface area contributed by atoms with Gasteiger partial charge in [0.2, 0.25) is 0 Å². The molecule has 0 aliphatic carbocycles. The normalized spacial score (nSPS) is 10.9. The molecule has 0 unspecified atom stereocenters. The van der Waals surface area contributed by atoms with Gasteiger partial charge in [-0.2, -0.15) is 0 Å². The smallest absolute Gasteiger partial charge is 0.176 e. The second kappa shape index (κ2) is 7.99. The second-order valence-corrected chi connectivity index (χ2v) is 7.03. The molecule has 0 radical (unpaired) electrons. The molecule has 146 valence electrons. The molecule has 0 amide bonds. The maximum atomic E-state index is 10.0. The van der Waals surface area contributed by atoms with Crippen molar-refractivity contribution in [3.63, 3.8) is 0 Å². The second-order valence-electron chi connectivity index (χ2n) is 6.63. The van der Waals surface area contributed by atoms with Gasteiger partial charge in [-0.15, -0.1) is 0 Å². The van der Waals surface area contributed by atoms with Gasteiger partial charge >= 0.3 is 0 Å². The Morgan fingerprint density at radius 1 is 1.03 bits per heavy atom. The maximum absolute atomic E-state index is 10.0. The number of ether oxygens (including phenoxy) is 1. The van der Waals surface area contributed by atoms with Crippen LogP contribution in [0, 0.1) is 0 Å². The molecule has 0 saturated heterocycles. The number of pyridine rings is 1. The minimum absolute atomic E-state index is 0.0661. The van der Waals surface area contributed by atoms with Crippen LogP contribution >= 0.6 is 11.6 Å². The molecule has 4 aromatic rings. The molecule has 0 saturated carbocycles. The fourth-order valence-electron chi connectivity index (χ4n) is 3.21. The van der Waals surface area contributed by atoms with Crippen LogP contribution in [0.25, 0.3) is 22.0 Å². The van der Waals surface area contributed by atoms with Gasteiger partial charge in [0.15, 0.2) is 11.5 Å². The molecule has 0 spiro atoms. The summed E-state index contributed by atoms with van der Waals surface area (Å²) in [4.78, 5) is 4.46. The van der Waals surface area contributed by atoms with E-state index in [0.29, 0.717) is 12.3 Å². The lowest BCUT2D eigenvalue weighted by molar-refractivity contribution is 0.374. The highest BCUT2D eigenvalue weighted by Crippen LogP contribution is 2.39. The molecule has 0 fully saturated rings. The van der Waals surface area contributed by atoms with E-state index in [1.807, 2.05) is 48.5 Å². The SMILES string of the molecule is COc1cc(-c2ccc3nccc(Nc4ccc(CN)cc4)c3c2)cc(Cl)c1O. The van der Waals surface area contributed by atoms with Crippen molar-refractivity contribution in [1.29, 1.82) is 0 Å². The van der Waals surface area contributed by atoms with Gasteiger partial charge < -0.3 is 20.9 Å².